The molecule has 0 bridgehead atoms. The molecule has 0 aliphatic rings. The first-order chi connectivity index (χ1) is 10.2. The van der Waals surface area contributed by atoms with E-state index in [2.05, 4.69) is 6.07 Å². The van der Waals surface area contributed by atoms with Crippen molar-refractivity contribution in [3.63, 3.8) is 0 Å². The highest BCUT2D eigenvalue weighted by Crippen LogP contribution is 2.23. The molecule has 5 nitrogen and oxygen atoms in total. The molecule has 1 heterocycles. The van der Waals surface area contributed by atoms with Gasteiger partial charge in [-0.1, -0.05) is 24.3 Å². The van der Waals surface area contributed by atoms with E-state index in [4.69, 9.17) is 5.26 Å². The van der Waals surface area contributed by atoms with Gasteiger partial charge in [0.25, 0.3) is 5.69 Å². The van der Waals surface area contributed by atoms with Crippen molar-refractivity contribution >= 4 is 16.6 Å². The van der Waals surface area contributed by atoms with Gasteiger partial charge in [0.2, 0.25) is 0 Å². The fourth-order valence-electron chi connectivity index (χ4n) is 2.40. The third-order valence-corrected chi connectivity index (χ3v) is 3.43. The number of fused-ring (bicyclic) bond motifs is 1. The number of benzene rings is 2. The van der Waals surface area contributed by atoms with Crippen LogP contribution in [0.15, 0.2) is 54.7 Å². The van der Waals surface area contributed by atoms with E-state index < -0.39 is 0 Å². The first kappa shape index (κ1) is 12.9. The summed E-state index contributed by atoms with van der Waals surface area (Å²) in [6, 6.07) is 16.2. The Labute approximate surface area is 120 Å². The smallest absolute Gasteiger partial charge is 0.274 e. The summed E-state index contributed by atoms with van der Waals surface area (Å²) in [7, 11) is 0. The number of nitro benzene ring substituents is 1. The maximum absolute atomic E-state index is 11.1. The summed E-state index contributed by atoms with van der Waals surface area (Å²) in [5, 5.41) is 21.1. The molecule has 0 N–H and O–H groups in total. The van der Waals surface area contributed by atoms with Crippen LogP contribution in [0.1, 0.15) is 11.1 Å². The zero-order valence-corrected chi connectivity index (χ0v) is 11.1. The molecule has 3 rings (SSSR count). The lowest BCUT2D eigenvalue weighted by atomic mass is 10.1. The van der Waals surface area contributed by atoms with Crippen molar-refractivity contribution in [2.24, 2.45) is 0 Å². The second-order valence-electron chi connectivity index (χ2n) is 4.71. The molecule has 1 aromatic heterocycles. The molecule has 102 valence electrons. The van der Waals surface area contributed by atoms with Crippen molar-refractivity contribution in [2.45, 2.75) is 6.54 Å². The molecule has 0 unspecified atom stereocenters. The Morgan fingerprint density at radius 3 is 2.76 bits per heavy atom. The van der Waals surface area contributed by atoms with Gasteiger partial charge in [0.1, 0.15) is 0 Å². The summed E-state index contributed by atoms with van der Waals surface area (Å²) in [4.78, 5) is 10.7. The zero-order valence-electron chi connectivity index (χ0n) is 11.1. The van der Waals surface area contributed by atoms with Crippen molar-refractivity contribution in [3.05, 3.63) is 76.0 Å². The molecular weight excluding hydrogens is 266 g/mol. The minimum absolute atomic E-state index is 0.107. The Morgan fingerprint density at radius 2 is 2.00 bits per heavy atom. The molecule has 21 heavy (non-hydrogen) atoms. The predicted molar refractivity (Wildman–Crippen MR) is 78.9 cm³/mol. The number of para-hydroxylation sites is 1. The van der Waals surface area contributed by atoms with Crippen molar-refractivity contribution in [3.8, 4) is 6.07 Å². The normalized spacial score (nSPS) is 10.4. The van der Waals surface area contributed by atoms with Crippen LogP contribution in [0.5, 0.6) is 0 Å². The summed E-state index contributed by atoms with van der Waals surface area (Å²) in [5.41, 5.74) is 2.22. The van der Waals surface area contributed by atoms with Crippen LogP contribution in [0, 0.1) is 21.4 Å². The van der Waals surface area contributed by atoms with Crippen LogP contribution in [-0.2, 0) is 6.54 Å². The minimum atomic E-state index is -0.373. The van der Waals surface area contributed by atoms with Crippen LogP contribution in [0.25, 0.3) is 10.9 Å². The molecular formula is C16H11N3O2. The number of aromatic nitrogens is 1. The zero-order chi connectivity index (χ0) is 14.8. The van der Waals surface area contributed by atoms with Gasteiger partial charge in [0, 0.05) is 23.3 Å². The van der Waals surface area contributed by atoms with E-state index in [1.54, 1.807) is 30.3 Å². The Morgan fingerprint density at radius 1 is 1.19 bits per heavy atom. The highest BCUT2D eigenvalue weighted by atomic mass is 16.6. The van der Waals surface area contributed by atoms with Gasteiger partial charge in [-0.05, 0) is 23.6 Å². The molecule has 0 aliphatic heterocycles. The summed E-state index contributed by atoms with van der Waals surface area (Å²) in [5.74, 6) is 0. The second kappa shape index (κ2) is 5.10. The lowest BCUT2D eigenvalue weighted by molar-refractivity contribution is -0.385. The fourth-order valence-corrected chi connectivity index (χ4v) is 2.40. The number of nitriles is 1. The van der Waals surface area contributed by atoms with E-state index in [1.165, 1.54) is 6.07 Å². The lowest BCUT2D eigenvalue weighted by Gasteiger charge is -2.06. The summed E-state index contributed by atoms with van der Waals surface area (Å²) in [6.07, 6.45) is 1.88. The van der Waals surface area contributed by atoms with E-state index in [0.29, 0.717) is 17.7 Å². The first-order valence-corrected chi connectivity index (χ1v) is 6.40. The second-order valence-corrected chi connectivity index (χ2v) is 4.71. The summed E-state index contributed by atoms with van der Waals surface area (Å²) in [6.45, 7) is 0.398. The van der Waals surface area contributed by atoms with Crippen molar-refractivity contribution < 1.29 is 4.92 Å². The highest BCUT2D eigenvalue weighted by molar-refractivity contribution is 5.81. The molecule has 0 spiro atoms. The Bertz CT molecular complexity index is 875. The molecule has 3 aromatic rings. The van der Waals surface area contributed by atoms with Crippen molar-refractivity contribution in [1.29, 1.82) is 5.26 Å². The highest BCUT2D eigenvalue weighted by Gasteiger charge is 2.13. The van der Waals surface area contributed by atoms with Gasteiger partial charge in [-0.3, -0.25) is 10.1 Å². The minimum Gasteiger partial charge on any atom is -0.343 e. The number of rotatable bonds is 3. The lowest BCUT2D eigenvalue weighted by Crippen LogP contribution is -2.02. The third kappa shape index (κ3) is 2.35. The summed E-state index contributed by atoms with van der Waals surface area (Å²) >= 11 is 0. The topological polar surface area (TPSA) is 71.9 Å². The maximum Gasteiger partial charge on any atom is 0.274 e. The quantitative estimate of drug-likeness (QED) is 0.543. The number of hydrogen-bond acceptors (Lipinski definition) is 3. The Hall–Kier alpha value is -3.13. The van der Waals surface area contributed by atoms with Gasteiger partial charge in [-0.15, -0.1) is 0 Å². The molecule has 0 radical (unpaired) electrons. The standard InChI is InChI=1S/C16H11N3O2/c17-10-12-5-6-13-7-8-18(16(13)9-12)11-14-3-1-2-4-15(14)19(20)21/h1-9H,11H2. The fraction of sp³-hybridized carbons (Fsp3) is 0.0625. The monoisotopic (exact) mass is 277 g/mol. The number of nitro groups is 1. The largest absolute Gasteiger partial charge is 0.343 e. The molecule has 0 aliphatic carbocycles. The molecule has 0 saturated carbocycles. The maximum atomic E-state index is 11.1. The molecule has 0 saturated heterocycles. The van der Waals surface area contributed by atoms with Crippen molar-refractivity contribution in [2.75, 3.05) is 0 Å². The Balaban J connectivity index is 2.07. The van der Waals surface area contributed by atoms with E-state index in [9.17, 15) is 10.1 Å². The van der Waals surface area contributed by atoms with Gasteiger partial charge in [-0.25, -0.2) is 0 Å². The van der Waals surface area contributed by atoms with E-state index in [1.807, 2.05) is 22.9 Å². The average molecular weight is 277 g/mol. The number of nitrogens with zero attached hydrogens (tertiary/aromatic N) is 3. The predicted octanol–water partition coefficient (Wildman–Crippen LogP) is 3.47. The van der Waals surface area contributed by atoms with Crippen LogP contribution in [0.3, 0.4) is 0 Å². The van der Waals surface area contributed by atoms with Gasteiger partial charge in [-0.2, -0.15) is 5.26 Å². The van der Waals surface area contributed by atoms with Gasteiger partial charge >= 0.3 is 0 Å². The van der Waals surface area contributed by atoms with Crippen LogP contribution < -0.4 is 0 Å². The van der Waals surface area contributed by atoms with Gasteiger partial charge < -0.3 is 4.57 Å². The van der Waals surface area contributed by atoms with E-state index >= 15 is 0 Å². The molecule has 0 atom stereocenters. The summed E-state index contributed by atoms with van der Waals surface area (Å²) < 4.78 is 1.92. The van der Waals surface area contributed by atoms with Crippen LogP contribution in [0.2, 0.25) is 0 Å². The van der Waals surface area contributed by atoms with Crippen LogP contribution in [0.4, 0.5) is 5.69 Å². The van der Waals surface area contributed by atoms with Crippen LogP contribution >= 0.6 is 0 Å². The van der Waals surface area contributed by atoms with Crippen LogP contribution in [-0.4, -0.2) is 9.49 Å². The number of hydrogen-bond donors (Lipinski definition) is 0. The van der Waals surface area contributed by atoms with E-state index in [0.717, 1.165) is 10.9 Å². The molecule has 0 amide bonds. The van der Waals surface area contributed by atoms with E-state index in [-0.39, 0.29) is 10.6 Å². The molecule has 0 fully saturated rings. The van der Waals surface area contributed by atoms with Gasteiger partial charge in [0.05, 0.1) is 23.1 Å². The van der Waals surface area contributed by atoms with Gasteiger partial charge in [0.15, 0.2) is 0 Å². The third-order valence-electron chi connectivity index (χ3n) is 3.43. The first-order valence-electron chi connectivity index (χ1n) is 6.40. The Kier molecular flexibility index (Phi) is 3.13. The SMILES string of the molecule is N#Cc1ccc2ccn(Cc3ccccc3[N+](=O)[O-])c2c1. The van der Waals surface area contributed by atoms with Crippen molar-refractivity contribution in [1.82, 2.24) is 4.57 Å². The molecule has 5 heteroatoms. The average Bonchev–Trinajstić information content (AvgIpc) is 2.90. The molecule has 2 aromatic carbocycles.